The summed E-state index contributed by atoms with van der Waals surface area (Å²) in [6.07, 6.45) is -12.0. The first-order valence-electron chi connectivity index (χ1n) is 11.4. The quantitative estimate of drug-likeness (QED) is 0.194. The molecular formula is C21H23F3O12S. The zero-order valence-electron chi connectivity index (χ0n) is 19.8. The van der Waals surface area contributed by atoms with Crippen LogP contribution in [0.15, 0.2) is 0 Å². The number of hydrogen-bond donors (Lipinski definition) is 2. The molecule has 206 valence electrons. The van der Waals surface area contributed by atoms with Crippen molar-refractivity contribution in [3.63, 3.8) is 0 Å². The molecule has 11 atom stereocenters. The molecule has 0 aromatic rings. The Kier molecular flexibility index (Phi) is 4.38. The highest BCUT2D eigenvalue weighted by Crippen LogP contribution is 2.86. The fourth-order valence-corrected chi connectivity index (χ4v) is 9.29. The molecule has 4 heterocycles. The third-order valence-electron chi connectivity index (χ3n) is 9.39. The van der Waals surface area contributed by atoms with Crippen LogP contribution >= 0.6 is 0 Å². The smallest absolute Gasteiger partial charge is 0.459 e. The lowest BCUT2D eigenvalue weighted by Gasteiger charge is -2.47. The van der Waals surface area contributed by atoms with E-state index in [0.717, 1.165) is 0 Å². The number of halogens is 3. The van der Waals surface area contributed by atoms with E-state index in [9.17, 15) is 46.2 Å². The molecule has 5 unspecified atom stereocenters. The second-order valence-electron chi connectivity index (χ2n) is 11.9. The number of esters is 3. The molecule has 0 bridgehead atoms. The first-order valence-corrected chi connectivity index (χ1v) is 12.8. The van der Waals surface area contributed by atoms with Crippen molar-refractivity contribution in [3.05, 3.63) is 0 Å². The second kappa shape index (κ2) is 6.41. The van der Waals surface area contributed by atoms with Crippen LogP contribution in [0.1, 0.15) is 34.1 Å². The molecule has 16 heteroatoms. The standard InChI is InChI=1S/C21H23F3O12S/c1-16(2,3)8-7(36-37(30,31)21(22,23)24)11-19-9(26)12-17(4,5-6(25)32-12)20(19,14(29)33-11)35-15-18(8,19)10(27)13(28)34-15/h7-12,15,26-27H,5H2,1-4H3/t7-,8+,9+,10+,11?,12?,15?,17+,18?,19?,20-/m1/s1. The molecule has 0 aromatic carbocycles. The van der Waals surface area contributed by atoms with Crippen LogP contribution < -0.4 is 0 Å². The number of carbonyl (C=O) groups is 3. The summed E-state index contributed by atoms with van der Waals surface area (Å²) >= 11 is 0. The van der Waals surface area contributed by atoms with Gasteiger partial charge in [0.1, 0.15) is 24.4 Å². The third-order valence-corrected chi connectivity index (χ3v) is 10.4. The van der Waals surface area contributed by atoms with Crippen LogP contribution in [0.2, 0.25) is 0 Å². The number of ether oxygens (including phenoxy) is 4. The Morgan fingerprint density at radius 2 is 1.65 bits per heavy atom. The Balaban J connectivity index is 1.70. The number of carbonyl (C=O) groups excluding carboxylic acids is 3. The summed E-state index contributed by atoms with van der Waals surface area (Å²) in [6, 6.07) is 0. The van der Waals surface area contributed by atoms with Crippen molar-refractivity contribution < 1.29 is 69.3 Å². The first kappa shape index (κ1) is 25.3. The maximum absolute atomic E-state index is 13.6. The van der Waals surface area contributed by atoms with Crippen LogP contribution in [0.3, 0.4) is 0 Å². The highest BCUT2D eigenvalue weighted by molar-refractivity contribution is 7.87. The van der Waals surface area contributed by atoms with Gasteiger partial charge in [0.2, 0.25) is 6.29 Å². The molecule has 2 N–H and O–H groups in total. The van der Waals surface area contributed by atoms with Gasteiger partial charge in [-0.25, -0.2) is 9.59 Å². The predicted octanol–water partition coefficient (Wildman–Crippen LogP) is -0.496. The second-order valence-corrected chi connectivity index (χ2v) is 13.4. The number of fused-ring (bicyclic) bond motifs is 1. The van der Waals surface area contributed by atoms with Crippen molar-refractivity contribution >= 4 is 28.0 Å². The number of aliphatic hydroxyl groups is 2. The van der Waals surface area contributed by atoms with E-state index in [1.165, 1.54) is 27.7 Å². The zero-order chi connectivity index (χ0) is 27.5. The molecule has 2 aliphatic carbocycles. The molecule has 6 rings (SSSR count). The third kappa shape index (κ3) is 2.23. The Labute approximate surface area is 207 Å². The first-order chi connectivity index (χ1) is 16.8. The molecular weight excluding hydrogens is 533 g/mol. The Morgan fingerprint density at radius 1 is 1.03 bits per heavy atom. The van der Waals surface area contributed by atoms with Crippen LogP contribution in [0.5, 0.6) is 0 Å². The van der Waals surface area contributed by atoms with Gasteiger partial charge in [0.05, 0.1) is 22.7 Å². The van der Waals surface area contributed by atoms with Gasteiger partial charge in [-0.2, -0.15) is 21.6 Å². The van der Waals surface area contributed by atoms with Gasteiger partial charge in [0.25, 0.3) is 0 Å². The maximum Gasteiger partial charge on any atom is 0.523 e. The van der Waals surface area contributed by atoms with Crippen molar-refractivity contribution in [1.82, 2.24) is 0 Å². The summed E-state index contributed by atoms with van der Waals surface area (Å²) in [7, 11) is -6.31. The highest BCUT2D eigenvalue weighted by atomic mass is 32.2. The molecule has 0 amide bonds. The SMILES string of the molecule is CC(C)(C)[C@@H]1[C@@H](OS(=O)(=O)C(F)(F)F)C2OC(=O)[C@]34OC5OC(=O)[C@H](O)C51C23[C@@H](O)C1OC(=O)C[C@@]14C. The van der Waals surface area contributed by atoms with Crippen LogP contribution in [0, 0.1) is 27.6 Å². The van der Waals surface area contributed by atoms with Crippen LogP contribution in [-0.4, -0.2) is 84.5 Å². The lowest BCUT2D eigenvalue weighted by molar-refractivity contribution is -0.218. The Bertz CT molecular complexity index is 1260. The van der Waals surface area contributed by atoms with E-state index in [-0.39, 0.29) is 0 Å². The molecule has 6 fully saturated rings. The van der Waals surface area contributed by atoms with Gasteiger partial charge < -0.3 is 29.2 Å². The minimum atomic E-state index is -6.31. The van der Waals surface area contributed by atoms with Gasteiger partial charge in [-0.05, 0) is 5.41 Å². The normalized spacial score (nSPS) is 51.9. The summed E-state index contributed by atoms with van der Waals surface area (Å²) in [5, 5.41) is 23.2. The minimum absolute atomic E-state index is 0.488. The van der Waals surface area contributed by atoms with E-state index >= 15 is 0 Å². The predicted molar refractivity (Wildman–Crippen MR) is 106 cm³/mol. The highest BCUT2D eigenvalue weighted by Gasteiger charge is 3.04. The van der Waals surface area contributed by atoms with E-state index < -0.39 is 110 Å². The molecule has 12 nitrogen and oxygen atoms in total. The molecule has 6 aliphatic rings. The Morgan fingerprint density at radius 3 is 2.22 bits per heavy atom. The zero-order valence-corrected chi connectivity index (χ0v) is 20.6. The Hall–Kier alpha value is -2.01. The van der Waals surface area contributed by atoms with Crippen molar-refractivity contribution in [3.8, 4) is 0 Å². The molecule has 37 heavy (non-hydrogen) atoms. The number of hydrogen-bond acceptors (Lipinski definition) is 12. The van der Waals surface area contributed by atoms with Crippen LogP contribution in [0.4, 0.5) is 13.2 Å². The van der Waals surface area contributed by atoms with E-state index in [4.69, 9.17) is 23.1 Å². The van der Waals surface area contributed by atoms with Crippen molar-refractivity contribution in [2.24, 2.45) is 27.6 Å². The molecule has 2 spiro atoms. The van der Waals surface area contributed by atoms with Crippen LogP contribution in [0.25, 0.3) is 0 Å². The monoisotopic (exact) mass is 556 g/mol. The number of aliphatic hydroxyl groups excluding tert-OH is 2. The van der Waals surface area contributed by atoms with Crippen LogP contribution in [-0.2, 0) is 47.6 Å². The minimum Gasteiger partial charge on any atom is -0.459 e. The van der Waals surface area contributed by atoms with Gasteiger partial charge in [-0.1, -0.05) is 27.7 Å². The molecule has 2 saturated carbocycles. The lowest BCUT2D eigenvalue weighted by Crippen LogP contribution is -2.63. The lowest BCUT2D eigenvalue weighted by atomic mass is 9.50. The maximum atomic E-state index is 13.6. The summed E-state index contributed by atoms with van der Waals surface area (Å²) in [4.78, 5) is 38.7. The average Bonchev–Trinajstić information content (AvgIpc) is 3.44. The number of alkyl halides is 3. The van der Waals surface area contributed by atoms with Gasteiger partial charge in [-0.15, -0.1) is 0 Å². The topological polar surface area (TPSA) is 172 Å². The van der Waals surface area contributed by atoms with Gasteiger partial charge in [0, 0.05) is 5.92 Å². The van der Waals surface area contributed by atoms with Crippen molar-refractivity contribution in [2.75, 3.05) is 0 Å². The van der Waals surface area contributed by atoms with Crippen molar-refractivity contribution in [1.29, 1.82) is 0 Å². The summed E-state index contributed by atoms with van der Waals surface area (Å²) in [6.45, 7) is 5.83. The van der Waals surface area contributed by atoms with E-state index in [1.54, 1.807) is 0 Å². The summed E-state index contributed by atoms with van der Waals surface area (Å²) in [5.74, 6) is -4.83. The summed E-state index contributed by atoms with van der Waals surface area (Å²) < 4.78 is 91.9. The van der Waals surface area contributed by atoms with E-state index in [1.807, 2.05) is 0 Å². The fourth-order valence-electron chi connectivity index (χ4n) is 8.68. The summed E-state index contributed by atoms with van der Waals surface area (Å²) in [5.41, 5.74) is -15.7. The van der Waals surface area contributed by atoms with Gasteiger partial charge in [-0.3, -0.25) is 8.98 Å². The van der Waals surface area contributed by atoms with Gasteiger partial charge in [0.15, 0.2) is 11.7 Å². The largest absolute Gasteiger partial charge is 0.523 e. The van der Waals surface area contributed by atoms with Gasteiger partial charge >= 0.3 is 33.5 Å². The fraction of sp³-hybridized carbons (Fsp3) is 0.857. The number of rotatable bonds is 2. The molecule has 4 aliphatic heterocycles. The molecule has 4 saturated heterocycles. The molecule has 0 radical (unpaired) electrons. The molecule has 0 aromatic heterocycles. The van der Waals surface area contributed by atoms with E-state index in [2.05, 4.69) is 0 Å². The average molecular weight is 556 g/mol. The van der Waals surface area contributed by atoms with E-state index in [0.29, 0.717) is 0 Å². The van der Waals surface area contributed by atoms with Crippen molar-refractivity contribution in [2.45, 2.75) is 82.0 Å².